The number of aliphatic hydroxyl groups is 3. The van der Waals surface area contributed by atoms with Crippen molar-refractivity contribution in [2.75, 3.05) is 39.5 Å². The molecule has 0 atom stereocenters. The van der Waals surface area contributed by atoms with Crippen molar-refractivity contribution in [3.05, 3.63) is 0 Å². The monoisotopic (exact) mass is 274 g/mol. The molecule has 0 aromatic carbocycles. The molecule has 0 unspecified atom stereocenters. The van der Waals surface area contributed by atoms with Crippen LogP contribution in [-0.4, -0.2) is 71.6 Å². The Labute approximate surface area is 103 Å². The van der Waals surface area contributed by atoms with Gasteiger partial charge in [0.2, 0.25) is 0 Å². The van der Waals surface area contributed by atoms with Gasteiger partial charge < -0.3 is 15.3 Å². The maximum absolute atomic E-state index is 11.0. The Hall–Kier alpha value is -0.250. The second-order valence-electron chi connectivity index (χ2n) is 3.55. The van der Waals surface area contributed by atoms with E-state index in [4.69, 9.17) is 19.9 Å². The van der Waals surface area contributed by atoms with Crippen molar-refractivity contribution in [2.45, 2.75) is 20.3 Å². The van der Waals surface area contributed by atoms with Gasteiger partial charge in [0.15, 0.2) is 0 Å². The Morgan fingerprint density at radius 1 is 0.882 bits per heavy atom. The molecule has 0 amide bonds. The van der Waals surface area contributed by atoms with Crippen LogP contribution in [0, 0.1) is 0 Å². The molecule has 7 nitrogen and oxygen atoms in total. The highest BCUT2D eigenvalue weighted by Crippen LogP contribution is 2.12. The van der Waals surface area contributed by atoms with Crippen molar-refractivity contribution in [3.63, 3.8) is 0 Å². The van der Waals surface area contributed by atoms with Crippen LogP contribution in [0.5, 0.6) is 0 Å². The predicted octanol–water partition coefficient (Wildman–Crippen LogP) is -1.00. The zero-order valence-electron chi connectivity index (χ0n) is 10.4. The minimum Gasteiger partial charge on any atom is -0.390 e. The highest BCUT2D eigenvalue weighted by atomic mass is 32.2. The average molecular weight is 274 g/mol. The molecule has 0 aromatic rings. The summed E-state index contributed by atoms with van der Waals surface area (Å²) in [6, 6.07) is 0. The normalized spacial score (nSPS) is 11.9. The van der Waals surface area contributed by atoms with Gasteiger partial charge in [0.25, 0.3) is 0 Å². The first-order valence-electron chi connectivity index (χ1n) is 5.51. The standard InChI is InChI=1S/C6H15NO6S.C3H8/c8-4-1-7(2-5-9,3-6-10)14(11,12)13;1-3-2/h8-10H,1-6H2;3H2,1-2H3/p+1. The molecule has 0 spiro atoms. The van der Waals surface area contributed by atoms with Gasteiger partial charge >= 0.3 is 10.3 Å². The highest BCUT2D eigenvalue weighted by Gasteiger charge is 2.39. The smallest absolute Gasteiger partial charge is 0.390 e. The molecule has 0 rings (SSSR count). The molecule has 0 heterocycles. The SMILES string of the molecule is CCC.O=S(=O)(O)[N+](CCO)(CCO)CCO. The molecule has 0 radical (unpaired) electrons. The molecule has 0 saturated heterocycles. The van der Waals surface area contributed by atoms with Crippen molar-refractivity contribution in [2.24, 2.45) is 0 Å². The summed E-state index contributed by atoms with van der Waals surface area (Å²) >= 11 is 0. The van der Waals surface area contributed by atoms with E-state index in [1.54, 1.807) is 0 Å². The first-order valence-corrected chi connectivity index (χ1v) is 6.91. The van der Waals surface area contributed by atoms with Crippen LogP contribution in [0.1, 0.15) is 20.3 Å². The van der Waals surface area contributed by atoms with Crippen molar-refractivity contribution in [3.8, 4) is 0 Å². The third-order valence-electron chi connectivity index (χ3n) is 2.01. The number of rotatable bonds is 7. The Bertz CT molecular complexity index is 250. The molecule has 0 aliphatic rings. The number of nitrogens with zero attached hydrogens (tertiary/aromatic N) is 1. The maximum Gasteiger partial charge on any atom is 0.433 e. The zero-order chi connectivity index (χ0) is 13.9. The number of hydrogen-bond donors (Lipinski definition) is 4. The van der Waals surface area contributed by atoms with E-state index in [1.165, 1.54) is 6.42 Å². The zero-order valence-corrected chi connectivity index (χ0v) is 11.2. The fourth-order valence-corrected chi connectivity index (χ4v) is 2.17. The summed E-state index contributed by atoms with van der Waals surface area (Å²) in [5, 5.41) is 26.0. The van der Waals surface area contributed by atoms with E-state index < -0.39 is 34.0 Å². The largest absolute Gasteiger partial charge is 0.433 e. The van der Waals surface area contributed by atoms with Gasteiger partial charge in [-0.1, -0.05) is 20.3 Å². The maximum atomic E-state index is 11.0. The lowest BCUT2D eigenvalue weighted by atomic mass is 10.4. The van der Waals surface area contributed by atoms with Crippen LogP contribution in [0.2, 0.25) is 0 Å². The summed E-state index contributed by atoms with van der Waals surface area (Å²) in [7, 11) is -4.46. The second-order valence-corrected chi connectivity index (χ2v) is 5.22. The summed E-state index contributed by atoms with van der Waals surface area (Å²) in [4.78, 5) is 0. The summed E-state index contributed by atoms with van der Waals surface area (Å²) in [6.07, 6.45) is 1.25. The molecule has 4 N–H and O–H groups in total. The van der Waals surface area contributed by atoms with Gasteiger partial charge in [0, 0.05) is 0 Å². The fourth-order valence-electron chi connectivity index (χ4n) is 1.23. The lowest BCUT2D eigenvalue weighted by Gasteiger charge is -2.31. The van der Waals surface area contributed by atoms with E-state index in [9.17, 15) is 8.42 Å². The molecule has 0 saturated carbocycles. The third kappa shape index (κ3) is 6.92. The van der Waals surface area contributed by atoms with E-state index in [1.807, 2.05) is 0 Å². The van der Waals surface area contributed by atoms with E-state index >= 15 is 0 Å². The van der Waals surface area contributed by atoms with Crippen molar-refractivity contribution < 1.29 is 32.2 Å². The number of aliphatic hydroxyl groups excluding tert-OH is 3. The first-order chi connectivity index (χ1) is 7.85. The minimum absolute atomic E-state index is 0.264. The first kappa shape index (κ1) is 19.1. The third-order valence-corrected chi connectivity index (χ3v) is 3.54. The molecule has 0 aliphatic heterocycles. The van der Waals surface area contributed by atoms with Crippen LogP contribution >= 0.6 is 0 Å². The second kappa shape index (κ2) is 9.75. The molecular weight excluding hydrogens is 250 g/mol. The molecule has 0 bridgehead atoms. The quantitative estimate of drug-likeness (QED) is 0.350. The van der Waals surface area contributed by atoms with E-state index in [0.717, 1.165) is 0 Å². The summed E-state index contributed by atoms with van der Waals surface area (Å²) in [5.41, 5.74) is 0. The predicted molar refractivity (Wildman–Crippen MR) is 63.6 cm³/mol. The van der Waals surface area contributed by atoms with Crippen LogP contribution in [0.15, 0.2) is 0 Å². The molecule has 8 heteroatoms. The topological polar surface area (TPSA) is 115 Å². The average Bonchev–Trinajstić information content (AvgIpc) is 2.18. The molecule has 0 fully saturated rings. The van der Waals surface area contributed by atoms with Gasteiger partial charge in [-0.15, -0.1) is 8.42 Å². The number of hydrogen-bond acceptors (Lipinski definition) is 5. The molecule has 106 valence electrons. The van der Waals surface area contributed by atoms with Crippen LogP contribution in [0.25, 0.3) is 0 Å². The van der Waals surface area contributed by atoms with Gasteiger partial charge in [0.1, 0.15) is 19.6 Å². The van der Waals surface area contributed by atoms with Crippen LogP contribution < -0.4 is 0 Å². The van der Waals surface area contributed by atoms with Gasteiger partial charge in [-0.05, 0) is 0 Å². The summed E-state index contributed by atoms with van der Waals surface area (Å²) in [5.74, 6) is 0. The van der Waals surface area contributed by atoms with Gasteiger partial charge in [-0.25, -0.2) is 4.55 Å². The lowest BCUT2D eigenvalue weighted by Crippen LogP contribution is -2.56. The molecule has 0 aliphatic carbocycles. The highest BCUT2D eigenvalue weighted by molar-refractivity contribution is 7.80. The van der Waals surface area contributed by atoms with Crippen molar-refractivity contribution in [1.82, 2.24) is 0 Å². The Morgan fingerprint density at radius 2 is 1.12 bits per heavy atom. The van der Waals surface area contributed by atoms with Gasteiger partial charge in [-0.2, -0.15) is 3.89 Å². The Balaban J connectivity index is 0. The lowest BCUT2D eigenvalue weighted by molar-refractivity contribution is -0.812. The summed E-state index contributed by atoms with van der Waals surface area (Å²) in [6.45, 7) is 2.08. The van der Waals surface area contributed by atoms with E-state index in [2.05, 4.69) is 13.8 Å². The summed E-state index contributed by atoms with van der Waals surface area (Å²) < 4.78 is 30.0. The molecular formula is C9H24NO6S+. The fraction of sp³-hybridized carbons (Fsp3) is 1.00. The molecule has 17 heavy (non-hydrogen) atoms. The minimum atomic E-state index is -4.46. The Morgan fingerprint density at radius 3 is 1.24 bits per heavy atom. The molecule has 0 aromatic heterocycles. The van der Waals surface area contributed by atoms with Gasteiger partial charge in [0.05, 0.1) is 19.8 Å². The van der Waals surface area contributed by atoms with E-state index in [0.29, 0.717) is 0 Å². The Kier molecular flexibility index (Phi) is 10.9. The number of quaternary nitrogens is 1. The van der Waals surface area contributed by atoms with Gasteiger partial charge in [-0.3, -0.25) is 0 Å². The van der Waals surface area contributed by atoms with Crippen LogP contribution in [-0.2, 0) is 10.3 Å². The van der Waals surface area contributed by atoms with Crippen molar-refractivity contribution in [1.29, 1.82) is 0 Å². The van der Waals surface area contributed by atoms with Crippen molar-refractivity contribution >= 4 is 10.3 Å². The van der Waals surface area contributed by atoms with Crippen LogP contribution in [0.3, 0.4) is 0 Å². The van der Waals surface area contributed by atoms with Crippen LogP contribution in [0.4, 0.5) is 0 Å². The van der Waals surface area contributed by atoms with E-state index in [-0.39, 0.29) is 19.6 Å².